The number of ether oxygens (including phenoxy) is 3. The maximum Gasteiger partial charge on any atom is 0.274 e. The Labute approximate surface area is 300 Å². The number of halogens is 2. The molecular weight excluding hydrogens is 681 g/mol. The summed E-state index contributed by atoms with van der Waals surface area (Å²) in [6.07, 6.45) is 4.68. The Morgan fingerprint density at radius 1 is 1.02 bits per heavy atom. The minimum absolute atomic E-state index is 0.0844. The Morgan fingerprint density at radius 2 is 1.86 bits per heavy atom. The summed E-state index contributed by atoms with van der Waals surface area (Å²) < 4.78 is 16.5. The molecule has 1 atom stereocenters. The molecule has 0 unspecified atom stereocenters. The highest BCUT2D eigenvalue weighted by Gasteiger charge is 2.28. The Morgan fingerprint density at radius 3 is 2.60 bits per heavy atom. The third kappa shape index (κ3) is 8.00. The summed E-state index contributed by atoms with van der Waals surface area (Å²) in [6, 6.07) is 12.6. The van der Waals surface area contributed by atoms with E-state index in [1.54, 1.807) is 64.1 Å². The van der Waals surface area contributed by atoms with E-state index in [4.69, 9.17) is 42.4 Å². The van der Waals surface area contributed by atoms with Crippen LogP contribution in [0.5, 0.6) is 11.6 Å². The van der Waals surface area contributed by atoms with E-state index in [1.165, 1.54) is 0 Å². The van der Waals surface area contributed by atoms with Crippen LogP contribution < -0.4 is 25.4 Å². The number of rotatable bonds is 14. The van der Waals surface area contributed by atoms with Crippen LogP contribution >= 0.6 is 23.2 Å². The van der Waals surface area contributed by atoms with E-state index >= 15 is 0 Å². The van der Waals surface area contributed by atoms with Gasteiger partial charge in [0.1, 0.15) is 11.4 Å². The SMILES string of the molecule is COCC1CN(Cc2cnc(C(=O)Nc3cccc(-c4nccc(-c5ccc(CNC[C@@H]6CCC(=O)N6)c(OC)n5)c4Cl)c3Cl)cc2OC)C1. The van der Waals surface area contributed by atoms with E-state index in [9.17, 15) is 9.59 Å². The molecule has 50 heavy (non-hydrogen) atoms. The van der Waals surface area contributed by atoms with Gasteiger partial charge in [0.05, 0.1) is 47.9 Å². The quantitative estimate of drug-likeness (QED) is 0.159. The molecule has 0 bridgehead atoms. The number of likely N-dealkylation sites (tertiary alicyclic amines) is 1. The van der Waals surface area contributed by atoms with Crippen molar-refractivity contribution in [2.45, 2.75) is 32.0 Å². The summed E-state index contributed by atoms with van der Waals surface area (Å²) >= 11 is 13.8. The molecule has 2 aliphatic heterocycles. The first-order chi connectivity index (χ1) is 24.3. The second-order valence-electron chi connectivity index (χ2n) is 12.3. The van der Waals surface area contributed by atoms with E-state index in [0.717, 1.165) is 37.2 Å². The number of anilines is 1. The number of benzene rings is 1. The molecule has 2 amide bonds. The van der Waals surface area contributed by atoms with E-state index in [-0.39, 0.29) is 22.7 Å². The highest BCUT2D eigenvalue weighted by atomic mass is 35.5. The van der Waals surface area contributed by atoms with E-state index < -0.39 is 5.91 Å². The van der Waals surface area contributed by atoms with Crippen LogP contribution in [0.4, 0.5) is 5.69 Å². The lowest BCUT2D eigenvalue weighted by Gasteiger charge is -2.39. The fourth-order valence-corrected chi connectivity index (χ4v) is 6.83. The number of aromatic nitrogens is 3. The van der Waals surface area contributed by atoms with Crippen molar-refractivity contribution in [1.29, 1.82) is 0 Å². The number of nitrogens with zero attached hydrogens (tertiary/aromatic N) is 4. The molecule has 0 radical (unpaired) electrons. The van der Waals surface area contributed by atoms with Gasteiger partial charge in [-0.25, -0.2) is 4.98 Å². The molecule has 0 saturated carbocycles. The molecule has 0 spiro atoms. The van der Waals surface area contributed by atoms with Crippen LogP contribution in [0.2, 0.25) is 10.0 Å². The number of methoxy groups -OCH3 is 3. The Hall–Kier alpha value is -4.33. The molecular formula is C36H39Cl2N7O5. The smallest absolute Gasteiger partial charge is 0.274 e. The van der Waals surface area contributed by atoms with E-state index in [1.807, 2.05) is 12.1 Å². The molecule has 4 aromatic rings. The molecule has 2 saturated heterocycles. The summed E-state index contributed by atoms with van der Waals surface area (Å²) in [5.74, 6) is 1.21. The third-order valence-corrected chi connectivity index (χ3v) is 9.61. The largest absolute Gasteiger partial charge is 0.496 e. The summed E-state index contributed by atoms with van der Waals surface area (Å²) in [4.78, 5) is 40.8. The van der Waals surface area contributed by atoms with Gasteiger partial charge in [-0.2, -0.15) is 0 Å². The first-order valence-electron chi connectivity index (χ1n) is 16.3. The van der Waals surface area contributed by atoms with Gasteiger partial charge in [0, 0.05) is 98.9 Å². The molecule has 14 heteroatoms. The summed E-state index contributed by atoms with van der Waals surface area (Å²) in [5, 5.41) is 9.81. The molecule has 262 valence electrons. The van der Waals surface area contributed by atoms with E-state index in [2.05, 4.69) is 30.8 Å². The van der Waals surface area contributed by atoms with Crippen molar-refractivity contribution in [1.82, 2.24) is 30.5 Å². The zero-order valence-electron chi connectivity index (χ0n) is 28.1. The van der Waals surface area contributed by atoms with Gasteiger partial charge in [0.15, 0.2) is 0 Å². The predicted octanol–water partition coefficient (Wildman–Crippen LogP) is 5.23. The number of hydrogen-bond donors (Lipinski definition) is 3. The Bertz CT molecular complexity index is 1870. The number of pyridine rings is 3. The Kier molecular flexibility index (Phi) is 11.5. The van der Waals surface area contributed by atoms with Gasteiger partial charge in [-0.1, -0.05) is 41.4 Å². The molecule has 2 fully saturated rings. The third-order valence-electron chi connectivity index (χ3n) is 8.82. The molecule has 5 heterocycles. The van der Waals surface area contributed by atoms with E-state index in [0.29, 0.717) is 76.8 Å². The molecule has 2 aliphatic rings. The molecule has 1 aromatic carbocycles. The lowest BCUT2D eigenvalue weighted by atomic mass is 10.0. The second-order valence-corrected chi connectivity index (χ2v) is 13.1. The van der Waals surface area contributed by atoms with Crippen LogP contribution in [0.3, 0.4) is 0 Å². The van der Waals surface area contributed by atoms with Crippen molar-refractivity contribution < 1.29 is 23.8 Å². The molecule has 12 nitrogen and oxygen atoms in total. The lowest BCUT2D eigenvalue weighted by molar-refractivity contribution is -0.119. The van der Waals surface area contributed by atoms with Gasteiger partial charge in [-0.15, -0.1) is 0 Å². The number of carbonyl (C=O) groups excluding carboxylic acids is 2. The highest BCUT2D eigenvalue weighted by Crippen LogP contribution is 2.40. The second kappa shape index (κ2) is 16.1. The van der Waals surface area contributed by atoms with Gasteiger partial charge in [-0.05, 0) is 24.6 Å². The predicted molar refractivity (Wildman–Crippen MR) is 192 cm³/mol. The summed E-state index contributed by atoms with van der Waals surface area (Å²) in [7, 11) is 4.86. The minimum Gasteiger partial charge on any atom is -0.496 e. The van der Waals surface area contributed by atoms with Crippen molar-refractivity contribution >= 4 is 40.7 Å². The fraction of sp³-hybridized carbons (Fsp3) is 0.361. The molecule has 3 N–H and O–H groups in total. The fourth-order valence-electron chi connectivity index (χ4n) is 6.26. The van der Waals surface area contributed by atoms with Gasteiger partial charge in [0.25, 0.3) is 5.91 Å². The van der Waals surface area contributed by atoms with Crippen molar-refractivity contribution in [2.24, 2.45) is 5.92 Å². The van der Waals surface area contributed by atoms with Gasteiger partial charge in [-0.3, -0.25) is 24.5 Å². The van der Waals surface area contributed by atoms with Gasteiger partial charge < -0.3 is 30.2 Å². The first kappa shape index (κ1) is 35.5. The zero-order chi connectivity index (χ0) is 35.2. The Balaban J connectivity index is 1.16. The first-order valence-corrected chi connectivity index (χ1v) is 17.1. The van der Waals surface area contributed by atoms with Crippen LogP contribution in [0.25, 0.3) is 22.5 Å². The maximum absolute atomic E-state index is 13.3. The normalized spacial score (nSPS) is 16.2. The van der Waals surface area contributed by atoms with Crippen molar-refractivity contribution in [3.63, 3.8) is 0 Å². The highest BCUT2D eigenvalue weighted by molar-refractivity contribution is 6.39. The van der Waals surface area contributed by atoms with Crippen LogP contribution in [-0.2, 0) is 22.6 Å². The van der Waals surface area contributed by atoms with Crippen LogP contribution in [0.1, 0.15) is 34.5 Å². The minimum atomic E-state index is -0.440. The number of hydrogen-bond acceptors (Lipinski definition) is 10. The summed E-state index contributed by atoms with van der Waals surface area (Å²) in [5.41, 5.74) is 4.52. The standard InChI is InChI=1S/C36H39Cl2N7O5/c1-48-20-21-17-45(18-21)19-23-15-41-29(13-30(23)49-2)35(47)43-28-6-4-5-26(32(28)37)34-33(38)25(11-12-40-34)27-9-7-22(36(44-27)50-3)14-39-16-24-8-10-31(46)42-24/h4-7,9,11-13,15,21,24,39H,8,10,14,16-20H2,1-3H3,(H,42,46)(H,43,47)/t24-/m0/s1. The maximum atomic E-state index is 13.3. The lowest BCUT2D eigenvalue weighted by Crippen LogP contribution is -2.47. The van der Waals surface area contributed by atoms with Crippen LogP contribution in [-0.4, -0.2) is 85.3 Å². The van der Waals surface area contributed by atoms with Crippen molar-refractivity contribution in [3.05, 3.63) is 81.7 Å². The average molecular weight is 721 g/mol. The number of amides is 2. The number of nitrogens with one attached hydrogen (secondary N) is 3. The average Bonchev–Trinajstić information content (AvgIpc) is 3.53. The molecule has 3 aromatic heterocycles. The van der Waals surface area contributed by atoms with Crippen LogP contribution in [0, 0.1) is 5.92 Å². The topological polar surface area (TPSA) is 140 Å². The molecule has 0 aliphatic carbocycles. The number of carbonyl (C=O) groups is 2. The van der Waals surface area contributed by atoms with Crippen molar-refractivity contribution in [2.75, 3.05) is 52.9 Å². The van der Waals surface area contributed by atoms with Gasteiger partial charge in [0.2, 0.25) is 11.8 Å². The van der Waals surface area contributed by atoms with Crippen molar-refractivity contribution in [3.8, 4) is 34.1 Å². The molecule has 6 rings (SSSR count). The summed E-state index contributed by atoms with van der Waals surface area (Å²) in [6.45, 7) is 4.47. The zero-order valence-corrected chi connectivity index (χ0v) is 29.6. The van der Waals surface area contributed by atoms with Gasteiger partial charge >= 0.3 is 0 Å². The van der Waals surface area contributed by atoms with Crippen LogP contribution in [0.15, 0.2) is 54.9 Å². The monoisotopic (exact) mass is 719 g/mol.